The van der Waals surface area contributed by atoms with E-state index < -0.39 is 12.4 Å². The van der Waals surface area contributed by atoms with Crippen molar-refractivity contribution in [3.63, 3.8) is 0 Å². The number of aromatic nitrogens is 2. The highest BCUT2D eigenvalue weighted by atomic mass is 16.8. The van der Waals surface area contributed by atoms with E-state index in [9.17, 15) is 4.79 Å². The minimum absolute atomic E-state index is 0.0386. The number of allylic oxidation sites excluding steroid dienone is 1. The summed E-state index contributed by atoms with van der Waals surface area (Å²) in [5, 5.41) is 4.58. The van der Waals surface area contributed by atoms with Crippen molar-refractivity contribution >= 4 is 23.7 Å². The molecule has 0 amide bonds. The van der Waals surface area contributed by atoms with Gasteiger partial charge in [0.25, 0.3) is 0 Å². The molecular formula is C27H39N3O4. The van der Waals surface area contributed by atoms with Gasteiger partial charge in [-0.25, -0.2) is 4.79 Å². The molecule has 0 fully saturated rings. The summed E-state index contributed by atoms with van der Waals surface area (Å²) in [6, 6.07) is 10.3. The summed E-state index contributed by atoms with van der Waals surface area (Å²) in [6.07, 6.45) is 0.575. The van der Waals surface area contributed by atoms with Crippen molar-refractivity contribution < 1.29 is 19.0 Å². The Morgan fingerprint density at radius 3 is 2.29 bits per heavy atom. The Morgan fingerprint density at radius 2 is 1.76 bits per heavy atom. The molecule has 2 atom stereocenters. The molecule has 2 rings (SSSR count). The van der Waals surface area contributed by atoms with E-state index in [1.54, 1.807) is 20.2 Å². The molecule has 186 valence electrons. The van der Waals surface area contributed by atoms with Crippen molar-refractivity contribution in [1.82, 2.24) is 9.78 Å². The van der Waals surface area contributed by atoms with Crippen LogP contribution in [0.25, 0.3) is 11.3 Å². The normalized spacial score (nSPS) is 14.5. The largest absolute Gasteiger partial charge is 0.511 e. The number of carbonyl (C=O) groups excluding carboxylic acids is 1. The van der Waals surface area contributed by atoms with E-state index in [2.05, 4.69) is 55.1 Å². The van der Waals surface area contributed by atoms with Crippen LogP contribution in [0.5, 0.6) is 0 Å². The van der Waals surface area contributed by atoms with Crippen LogP contribution in [0.15, 0.2) is 35.3 Å². The highest BCUT2D eigenvalue weighted by Gasteiger charge is 2.23. The van der Waals surface area contributed by atoms with Crippen molar-refractivity contribution in [2.45, 2.75) is 86.2 Å². The molecule has 0 spiro atoms. The van der Waals surface area contributed by atoms with E-state index >= 15 is 0 Å². The molecule has 0 saturated carbocycles. The number of carbonyl (C=O) groups is 1. The maximum Gasteiger partial charge on any atom is 0.511 e. The third-order valence-electron chi connectivity index (χ3n) is 5.42. The number of benzene rings is 1. The molecular weight excluding hydrogens is 430 g/mol. The average molecular weight is 470 g/mol. The molecule has 7 heteroatoms. The first-order valence-corrected chi connectivity index (χ1v) is 11.9. The topological polar surface area (TPSA) is 74.9 Å². The van der Waals surface area contributed by atoms with Gasteiger partial charge in [-0.2, -0.15) is 5.10 Å². The Hall–Kier alpha value is -3.09. The average Bonchev–Trinajstić information content (AvgIpc) is 3.15. The minimum atomic E-state index is -0.888. The first-order chi connectivity index (χ1) is 16.0. The summed E-state index contributed by atoms with van der Waals surface area (Å²) in [6.45, 7) is 16.6. The molecule has 1 aromatic heterocycles. The van der Waals surface area contributed by atoms with Crippen LogP contribution in [0.1, 0.15) is 77.4 Å². The third-order valence-corrected chi connectivity index (χ3v) is 5.42. The molecule has 0 aliphatic heterocycles. The van der Waals surface area contributed by atoms with Crippen molar-refractivity contribution in [3.8, 4) is 0 Å². The molecule has 0 aliphatic rings. The van der Waals surface area contributed by atoms with E-state index in [4.69, 9.17) is 14.2 Å². The first kappa shape index (κ1) is 27.2. The van der Waals surface area contributed by atoms with Crippen LogP contribution < -0.4 is 0 Å². The van der Waals surface area contributed by atoms with Gasteiger partial charge in [-0.05, 0) is 49.8 Å². The maximum atomic E-state index is 12.2. The van der Waals surface area contributed by atoms with Gasteiger partial charge >= 0.3 is 6.16 Å². The molecule has 7 nitrogen and oxygen atoms in total. The molecule has 0 aliphatic carbocycles. The lowest BCUT2D eigenvalue weighted by atomic mass is 9.86. The molecule has 34 heavy (non-hydrogen) atoms. The van der Waals surface area contributed by atoms with Gasteiger partial charge < -0.3 is 14.2 Å². The Bertz CT molecular complexity index is 1010. The van der Waals surface area contributed by atoms with Gasteiger partial charge in [0, 0.05) is 32.3 Å². The summed E-state index contributed by atoms with van der Waals surface area (Å²) in [5.74, 6) is 0.528. The number of aryl methyl sites for hydroxylation is 2. The van der Waals surface area contributed by atoms with Gasteiger partial charge in [0.1, 0.15) is 11.8 Å². The van der Waals surface area contributed by atoms with Crippen LogP contribution in [-0.2, 0) is 26.2 Å². The number of nitrogens with zero attached hydrogens (tertiary/aromatic N) is 3. The van der Waals surface area contributed by atoms with Crippen molar-refractivity contribution in [3.05, 3.63) is 52.8 Å². The van der Waals surface area contributed by atoms with Crippen LogP contribution in [0, 0.1) is 6.92 Å². The fraction of sp³-hybridized carbons (Fsp3) is 0.519. The SMILES string of the molecule is CCC(C)OC(=O)OC(C)O/C(=C(/C=NC)c1ccc(C(C)(C)C)cc1)c1cc(C)nn1CC. The van der Waals surface area contributed by atoms with Gasteiger partial charge in [-0.1, -0.05) is 52.0 Å². The van der Waals surface area contributed by atoms with Gasteiger partial charge in [-0.15, -0.1) is 0 Å². The number of rotatable bonds is 9. The molecule has 0 bridgehead atoms. The van der Waals surface area contributed by atoms with E-state index in [0.717, 1.165) is 22.5 Å². The standard InChI is InChI=1S/C27H39N3O4/c1-10-19(4)32-26(31)34-20(5)33-25(24-16-18(3)29-30(24)11-2)23(17-28-9)21-12-14-22(15-13-21)27(6,7)8/h12-17,19-20H,10-11H2,1-9H3/b25-23-,28-17?. The number of ether oxygens (including phenoxy) is 3. The summed E-state index contributed by atoms with van der Waals surface area (Å²) in [7, 11) is 1.72. The quantitative estimate of drug-likeness (QED) is 0.184. The van der Waals surface area contributed by atoms with Crippen molar-refractivity contribution in [2.24, 2.45) is 4.99 Å². The maximum absolute atomic E-state index is 12.2. The smallest absolute Gasteiger partial charge is 0.452 e. The predicted molar refractivity (Wildman–Crippen MR) is 137 cm³/mol. The van der Waals surface area contributed by atoms with Gasteiger partial charge in [0.15, 0.2) is 5.76 Å². The first-order valence-electron chi connectivity index (χ1n) is 11.9. The molecule has 1 heterocycles. The Kier molecular flexibility index (Phi) is 9.47. The van der Waals surface area contributed by atoms with Crippen molar-refractivity contribution in [1.29, 1.82) is 0 Å². The van der Waals surface area contributed by atoms with E-state index in [1.165, 1.54) is 5.56 Å². The zero-order valence-electron chi connectivity index (χ0n) is 22.0. The molecule has 0 radical (unpaired) electrons. The molecule has 2 unspecified atom stereocenters. The van der Waals surface area contributed by atoms with Gasteiger partial charge in [0.05, 0.1) is 5.69 Å². The lowest BCUT2D eigenvalue weighted by Gasteiger charge is -2.22. The molecule has 2 aromatic rings. The number of hydrogen-bond acceptors (Lipinski definition) is 6. The van der Waals surface area contributed by atoms with Gasteiger partial charge in [-0.3, -0.25) is 9.67 Å². The zero-order chi connectivity index (χ0) is 25.5. The van der Waals surface area contributed by atoms with E-state index in [0.29, 0.717) is 18.7 Å². The van der Waals surface area contributed by atoms with Crippen LogP contribution in [0.2, 0.25) is 0 Å². The van der Waals surface area contributed by atoms with Crippen LogP contribution >= 0.6 is 0 Å². The molecule has 0 N–H and O–H groups in total. The third kappa shape index (κ3) is 7.20. The van der Waals surface area contributed by atoms with Crippen LogP contribution in [-0.4, -0.2) is 41.6 Å². The highest BCUT2D eigenvalue weighted by Crippen LogP contribution is 2.31. The summed E-state index contributed by atoms with van der Waals surface area (Å²) < 4.78 is 18.7. The Morgan fingerprint density at radius 1 is 1.12 bits per heavy atom. The zero-order valence-corrected chi connectivity index (χ0v) is 22.0. The Balaban J connectivity index is 2.55. The number of hydrogen-bond donors (Lipinski definition) is 0. The fourth-order valence-electron chi connectivity index (χ4n) is 3.38. The second kappa shape index (κ2) is 11.9. The van der Waals surface area contributed by atoms with E-state index in [-0.39, 0.29) is 11.5 Å². The van der Waals surface area contributed by atoms with E-state index in [1.807, 2.05) is 38.4 Å². The van der Waals surface area contributed by atoms with Crippen LogP contribution in [0.3, 0.4) is 0 Å². The fourth-order valence-corrected chi connectivity index (χ4v) is 3.38. The second-order valence-electron chi connectivity index (χ2n) is 9.33. The second-order valence-corrected chi connectivity index (χ2v) is 9.33. The molecule has 1 aromatic carbocycles. The highest BCUT2D eigenvalue weighted by molar-refractivity contribution is 6.18. The monoisotopic (exact) mass is 469 g/mol. The minimum Gasteiger partial charge on any atom is -0.452 e. The predicted octanol–water partition coefficient (Wildman–Crippen LogP) is 6.39. The Labute approximate surface area is 203 Å². The lowest BCUT2D eigenvalue weighted by Crippen LogP contribution is -2.22. The molecule has 0 saturated heterocycles. The summed E-state index contributed by atoms with van der Waals surface area (Å²) in [5.41, 5.74) is 4.61. The lowest BCUT2D eigenvalue weighted by molar-refractivity contribution is -0.0753. The summed E-state index contributed by atoms with van der Waals surface area (Å²) >= 11 is 0. The summed E-state index contributed by atoms with van der Waals surface area (Å²) in [4.78, 5) is 16.5. The number of aliphatic imine (C=N–C) groups is 1. The van der Waals surface area contributed by atoms with Crippen molar-refractivity contribution in [2.75, 3.05) is 7.05 Å². The van der Waals surface area contributed by atoms with Gasteiger partial charge in [0.2, 0.25) is 6.29 Å². The van der Waals surface area contributed by atoms with Crippen LogP contribution in [0.4, 0.5) is 4.79 Å².